The van der Waals surface area contributed by atoms with Crippen LogP contribution in [0, 0.1) is 0 Å². The molecule has 0 aliphatic rings. The Balaban J connectivity index is 1.51. The third kappa shape index (κ3) is 7.49. The highest BCUT2D eigenvalue weighted by Crippen LogP contribution is 2.12. The summed E-state index contributed by atoms with van der Waals surface area (Å²) in [7, 11) is 8.83. The molecule has 3 rings (SSSR count). The lowest BCUT2D eigenvalue weighted by Crippen LogP contribution is -2.32. The molecule has 0 radical (unpaired) electrons. The molecule has 4 N–H and O–H groups in total. The number of hydrogen-bond acceptors (Lipinski definition) is 8. The Morgan fingerprint density at radius 3 is 1.92 bits per heavy atom. The zero-order valence-corrected chi connectivity index (χ0v) is 22.1. The maximum Gasteiger partial charge on any atom is 0.292 e. The highest BCUT2D eigenvalue weighted by molar-refractivity contribution is 6.04. The Morgan fingerprint density at radius 2 is 1.37 bits per heavy atom. The summed E-state index contributed by atoms with van der Waals surface area (Å²) in [4.78, 5) is 63.9. The molecule has 3 heterocycles. The number of hydrogen-bond donors (Lipinski definition) is 4. The molecule has 3 aromatic heterocycles. The number of amides is 4. The minimum atomic E-state index is -0.582. The minimum absolute atomic E-state index is 0.0217. The average molecular weight is 528 g/mol. The van der Waals surface area contributed by atoms with E-state index in [1.165, 1.54) is 27.7 Å². The number of imidazole rings is 3. The standard InChI is InChI=1S/C23H33N11O4/c1-31(2)11-6-8-24-17(35)7-9-26-21(36)19-27-15(13-33(19)4)30-23(38)20-28-16(14-34(20)5)29-22(37)18-25-10-12-32(18)3/h10,12-14H,6-9,11H2,1-5H3,(H,24,35)(H,26,36)(H,29,37)(H,30,38). The van der Waals surface area contributed by atoms with E-state index >= 15 is 0 Å². The van der Waals surface area contributed by atoms with Gasteiger partial charge in [-0.05, 0) is 27.1 Å². The van der Waals surface area contributed by atoms with Gasteiger partial charge in [-0.2, -0.15) is 0 Å². The predicted octanol–water partition coefficient (Wildman–Crippen LogP) is -0.420. The molecule has 3 aromatic rings. The van der Waals surface area contributed by atoms with Crippen LogP contribution in [0.1, 0.15) is 44.7 Å². The van der Waals surface area contributed by atoms with Gasteiger partial charge in [-0.3, -0.25) is 19.2 Å². The van der Waals surface area contributed by atoms with Gasteiger partial charge in [0.2, 0.25) is 17.6 Å². The van der Waals surface area contributed by atoms with Crippen molar-refractivity contribution in [3.05, 3.63) is 42.3 Å². The van der Waals surface area contributed by atoms with Gasteiger partial charge in [0.15, 0.2) is 17.5 Å². The number of nitrogens with one attached hydrogen (secondary N) is 4. The second-order valence-corrected chi connectivity index (χ2v) is 8.90. The molecule has 0 atom stereocenters. The van der Waals surface area contributed by atoms with Crippen LogP contribution in [-0.4, -0.2) is 90.9 Å². The molecule has 0 aliphatic heterocycles. The first kappa shape index (κ1) is 28.0. The number of nitrogens with zero attached hydrogens (tertiary/aromatic N) is 7. The van der Waals surface area contributed by atoms with Crippen molar-refractivity contribution in [3.8, 4) is 0 Å². The van der Waals surface area contributed by atoms with Gasteiger partial charge in [-0.25, -0.2) is 15.0 Å². The van der Waals surface area contributed by atoms with Gasteiger partial charge < -0.3 is 39.9 Å². The molecule has 4 amide bonds. The summed E-state index contributed by atoms with van der Waals surface area (Å²) in [5.74, 6) is -1.08. The Bertz CT molecular complexity index is 1300. The third-order valence-electron chi connectivity index (χ3n) is 5.41. The van der Waals surface area contributed by atoms with Gasteiger partial charge in [0.05, 0.1) is 0 Å². The predicted molar refractivity (Wildman–Crippen MR) is 139 cm³/mol. The summed E-state index contributed by atoms with van der Waals surface area (Å²) in [5, 5.41) is 10.7. The van der Waals surface area contributed by atoms with E-state index in [9.17, 15) is 19.2 Å². The van der Waals surface area contributed by atoms with E-state index in [1.54, 1.807) is 31.9 Å². The van der Waals surface area contributed by atoms with E-state index in [4.69, 9.17) is 0 Å². The summed E-state index contributed by atoms with van der Waals surface area (Å²) in [5.41, 5.74) is 0. The quantitative estimate of drug-likeness (QED) is 0.230. The molecular weight excluding hydrogens is 494 g/mol. The molecule has 15 nitrogen and oxygen atoms in total. The number of rotatable bonds is 12. The number of carbonyl (C=O) groups excluding carboxylic acids is 4. The highest BCUT2D eigenvalue weighted by atomic mass is 16.2. The largest absolute Gasteiger partial charge is 0.356 e. The van der Waals surface area contributed by atoms with Crippen LogP contribution in [-0.2, 0) is 25.9 Å². The zero-order valence-electron chi connectivity index (χ0n) is 22.1. The summed E-state index contributed by atoms with van der Waals surface area (Å²) < 4.78 is 4.47. The van der Waals surface area contributed by atoms with Gasteiger partial charge in [0.1, 0.15) is 0 Å². The molecule has 0 bridgehead atoms. The SMILES string of the molecule is CN(C)CCCNC(=O)CCNC(=O)c1nc(NC(=O)c2nc(NC(=O)c3nccn3C)cn2C)cn1C. The third-order valence-corrected chi connectivity index (χ3v) is 5.41. The maximum atomic E-state index is 12.8. The summed E-state index contributed by atoms with van der Waals surface area (Å²) in [6.45, 7) is 1.59. The topological polar surface area (TPSA) is 173 Å². The zero-order chi connectivity index (χ0) is 27.8. The van der Waals surface area contributed by atoms with Crippen LogP contribution in [0.15, 0.2) is 24.8 Å². The molecule has 0 unspecified atom stereocenters. The van der Waals surface area contributed by atoms with E-state index in [0.29, 0.717) is 6.54 Å². The Labute approximate surface area is 219 Å². The average Bonchev–Trinajstić information content (AvgIpc) is 3.54. The monoisotopic (exact) mass is 527 g/mol. The molecule has 0 aromatic carbocycles. The second kappa shape index (κ2) is 12.6. The van der Waals surface area contributed by atoms with E-state index in [2.05, 4.69) is 36.2 Å². The minimum Gasteiger partial charge on any atom is -0.356 e. The fourth-order valence-corrected chi connectivity index (χ4v) is 3.48. The Hall–Kier alpha value is -4.53. The molecule has 0 spiro atoms. The molecular formula is C23H33N11O4. The van der Waals surface area contributed by atoms with Crippen molar-refractivity contribution in [1.29, 1.82) is 0 Å². The first-order chi connectivity index (χ1) is 18.0. The maximum absolute atomic E-state index is 12.8. The lowest BCUT2D eigenvalue weighted by atomic mass is 10.3. The van der Waals surface area contributed by atoms with Crippen molar-refractivity contribution < 1.29 is 19.2 Å². The fraction of sp³-hybridized carbons (Fsp3) is 0.435. The number of carbonyl (C=O) groups is 4. The van der Waals surface area contributed by atoms with E-state index in [0.717, 1.165) is 13.0 Å². The van der Waals surface area contributed by atoms with Crippen LogP contribution in [0.2, 0.25) is 0 Å². The molecule has 204 valence electrons. The van der Waals surface area contributed by atoms with Gasteiger partial charge in [-0.1, -0.05) is 0 Å². The highest BCUT2D eigenvalue weighted by Gasteiger charge is 2.20. The first-order valence-electron chi connectivity index (χ1n) is 11.9. The van der Waals surface area contributed by atoms with Crippen LogP contribution >= 0.6 is 0 Å². The molecule has 0 fully saturated rings. The molecule has 0 saturated carbocycles. The summed E-state index contributed by atoms with van der Waals surface area (Å²) >= 11 is 0. The Morgan fingerprint density at radius 1 is 0.789 bits per heavy atom. The van der Waals surface area contributed by atoms with E-state index in [1.807, 2.05) is 19.0 Å². The normalized spacial score (nSPS) is 10.9. The van der Waals surface area contributed by atoms with Crippen LogP contribution in [0.25, 0.3) is 0 Å². The number of aryl methyl sites for hydroxylation is 3. The van der Waals surface area contributed by atoms with Gasteiger partial charge in [-0.15, -0.1) is 0 Å². The molecule has 0 saturated heterocycles. The Kier molecular flexibility index (Phi) is 9.32. The lowest BCUT2D eigenvalue weighted by molar-refractivity contribution is -0.120. The molecule has 0 aliphatic carbocycles. The van der Waals surface area contributed by atoms with E-state index < -0.39 is 17.7 Å². The second-order valence-electron chi connectivity index (χ2n) is 8.90. The molecule has 15 heteroatoms. The summed E-state index contributed by atoms with van der Waals surface area (Å²) in [6, 6.07) is 0. The number of anilines is 2. The summed E-state index contributed by atoms with van der Waals surface area (Å²) in [6.07, 6.45) is 7.09. The van der Waals surface area contributed by atoms with E-state index in [-0.39, 0.29) is 48.0 Å². The van der Waals surface area contributed by atoms with Crippen molar-refractivity contribution in [2.45, 2.75) is 12.8 Å². The first-order valence-corrected chi connectivity index (χ1v) is 11.9. The van der Waals surface area contributed by atoms with Crippen molar-refractivity contribution >= 4 is 35.3 Å². The van der Waals surface area contributed by atoms with Gasteiger partial charge >= 0.3 is 0 Å². The van der Waals surface area contributed by atoms with Crippen LogP contribution < -0.4 is 21.3 Å². The number of aromatic nitrogens is 6. The van der Waals surface area contributed by atoms with Crippen LogP contribution in [0.4, 0.5) is 11.6 Å². The van der Waals surface area contributed by atoms with Gasteiger partial charge in [0, 0.05) is 65.4 Å². The van der Waals surface area contributed by atoms with Crippen molar-refractivity contribution in [3.63, 3.8) is 0 Å². The van der Waals surface area contributed by atoms with Crippen LogP contribution in [0.5, 0.6) is 0 Å². The van der Waals surface area contributed by atoms with Crippen molar-refractivity contribution in [1.82, 2.24) is 44.2 Å². The molecule has 38 heavy (non-hydrogen) atoms. The lowest BCUT2D eigenvalue weighted by Gasteiger charge is -2.10. The smallest absolute Gasteiger partial charge is 0.292 e. The fourth-order valence-electron chi connectivity index (χ4n) is 3.48. The van der Waals surface area contributed by atoms with Gasteiger partial charge in [0.25, 0.3) is 17.7 Å². The van der Waals surface area contributed by atoms with Crippen molar-refractivity contribution in [2.75, 3.05) is 44.4 Å². The van der Waals surface area contributed by atoms with Crippen molar-refractivity contribution in [2.24, 2.45) is 21.1 Å². The van der Waals surface area contributed by atoms with Crippen LogP contribution in [0.3, 0.4) is 0 Å².